The van der Waals surface area contributed by atoms with Crippen molar-refractivity contribution in [1.29, 1.82) is 0 Å². The Labute approximate surface area is 155 Å². The third kappa shape index (κ3) is 4.91. The number of rotatable bonds is 5. The van der Waals surface area contributed by atoms with Crippen LogP contribution in [0.25, 0.3) is 0 Å². The standard InChI is InChI=1S/C21H28N4O/c1-3-22-21(23-14-17-5-4-6-20(26)13-17)24-18-11-12-25(15-18)19-9-7-16(2)8-10-19/h4-10,13,18,26H,3,11-12,14-15H2,1-2H3,(H2,22,23,24). The zero-order valence-electron chi connectivity index (χ0n) is 15.6. The maximum atomic E-state index is 9.58. The van der Waals surface area contributed by atoms with Crippen molar-refractivity contribution < 1.29 is 5.11 Å². The molecule has 0 amide bonds. The fourth-order valence-corrected chi connectivity index (χ4v) is 3.21. The Morgan fingerprint density at radius 2 is 2.04 bits per heavy atom. The van der Waals surface area contributed by atoms with Crippen LogP contribution in [0, 0.1) is 6.92 Å². The maximum Gasteiger partial charge on any atom is 0.191 e. The van der Waals surface area contributed by atoms with Crippen LogP contribution in [-0.2, 0) is 6.54 Å². The third-order valence-electron chi connectivity index (χ3n) is 4.60. The molecule has 1 saturated heterocycles. The lowest BCUT2D eigenvalue weighted by Gasteiger charge is -2.20. The van der Waals surface area contributed by atoms with Gasteiger partial charge in [-0.3, -0.25) is 0 Å². The Kier molecular flexibility index (Phi) is 6.00. The number of benzene rings is 2. The van der Waals surface area contributed by atoms with Gasteiger partial charge in [0.15, 0.2) is 5.96 Å². The summed E-state index contributed by atoms with van der Waals surface area (Å²) in [4.78, 5) is 7.08. The second-order valence-corrected chi connectivity index (χ2v) is 6.78. The lowest BCUT2D eigenvalue weighted by molar-refractivity contribution is 0.474. The van der Waals surface area contributed by atoms with Crippen LogP contribution in [0.3, 0.4) is 0 Å². The Morgan fingerprint density at radius 1 is 1.23 bits per heavy atom. The van der Waals surface area contributed by atoms with Crippen LogP contribution in [0.1, 0.15) is 24.5 Å². The first-order valence-corrected chi connectivity index (χ1v) is 9.28. The largest absolute Gasteiger partial charge is 0.508 e. The van der Waals surface area contributed by atoms with Crippen LogP contribution in [-0.4, -0.2) is 36.7 Å². The Balaban J connectivity index is 1.59. The lowest BCUT2D eigenvalue weighted by Crippen LogP contribution is -2.44. The number of aromatic hydroxyl groups is 1. The molecule has 3 rings (SSSR count). The fourth-order valence-electron chi connectivity index (χ4n) is 3.21. The van der Waals surface area contributed by atoms with Gasteiger partial charge in [-0.25, -0.2) is 4.99 Å². The van der Waals surface area contributed by atoms with Crippen molar-refractivity contribution in [1.82, 2.24) is 10.6 Å². The summed E-state index contributed by atoms with van der Waals surface area (Å²) in [5.74, 6) is 1.10. The highest BCUT2D eigenvalue weighted by molar-refractivity contribution is 5.80. The van der Waals surface area contributed by atoms with Crippen molar-refractivity contribution in [3.63, 3.8) is 0 Å². The summed E-state index contributed by atoms with van der Waals surface area (Å²) < 4.78 is 0. The number of aliphatic imine (C=N–C) groups is 1. The summed E-state index contributed by atoms with van der Waals surface area (Å²) in [6.45, 7) is 7.56. The number of phenols is 1. The molecule has 138 valence electrons. The molecule has 1 aliphatic heterocycles. The average Bonchev–Trinajstić information content (AvgIpc) is 3.09. The van der Waals surface area contributed by atoms with Crippen molar-refractivity contribution >= 4 is 11.6 Å². The minimum absolute atomic E-state index is 0.278. The molecular formula is C21H28N4O. The van der Waals surface area contributed by atoms with Gasteiger partial charge in [0.05, 0.1) is 6.54 Å². The molecule has 0 radical (unpaired) electrons. The van der Waals surface area contributed by atoms with Crippen molar-refractivity contribution in [2.45, 2.75) is 32.9 Å². The van der Waals surface area contributed by atoms with E-state index in [4.69, 9.17) is 0 Å². The van der Waals surface area contributed by atoms with Gasteiger partial charge in [0.25, 0.3) is 0 Å². The predicted octanol–water partition coefficient (Wildman–Crippen LogP) is 3.03. The smallest absolute Gasteiger partial charge is 0.191 e. The quantitative estimate of drug-likeness (QED) is 0.572. The predicted molar refractivity (Wildman–Crippen MR) is 108 cm³/mol. The lowest BCUT2D eigenvalue weighted by atomic mass is 10.2. The van der Waals surface area contributed by atoms with Crippen molar-refractivity contribution in [2.75, 3.05) is 24.5 Å². The van der Waals surface area contributed by atoms with Gasteiger partial charge in [0.1, 0.15) is 5.75 Å². The zero-order chi connectivity index (χ0) is 18.4. The molecule has 5 nitrogen and oxygen atoms in total. The monoisotopic (exact) mass is 352 g/mol. The van der Waals surface area contributed by atoms with E-state index in [1.807, 2.05) is 12.1 Å². The average molecular weight is 352 g/mol. The van der Waals surface area contributed by atoms with Gasteiger partial charge >= 0.3 is 0 Å². The van der Waals surface area contributed by atoms with E-state index in [1.165, 1.54) is 11.3 Å². The van der Waals surface area contributed by atoms with Gasteiger partial charge in [-0.05, 0) is 50.1 Å². The van der Waals surface area contributed by atoms with Crippen LogP contribution in [0.4, 0.5) is 5.69 Å². The number of nitrogens with zero attached hydrogens (tertiary/aromatic N) is 2. The molecule has 2 aromatic rings. The highest BCUT2D eigenvalue weighted by Crippen LogP contribution is 2.20. The molecule has 0 aliphatic carbocycles. The maximum absolute atomic E-state index is 9.58. The van der Waals surface area contributed by atoms with Crippen LogP contribution in [0.2, 0.25) is 0 Å². The minimum Gasteiger partial charge on any atom is -0.508 e. The van der Waals surface area contributed by atoms with E-state index in [9.17, 15) is 5.11 Å². The molecule has 26 heavy (non-hydrogen) atoms. The van der Waals surface area contributed by atoms with Crippen molar-refractivity contribution in [2.24, 2.45) is 4.99 Å². The molecule has 1 aliphatic rings. The summed E-state index contributed by atoms with van der Waals surface area (Å²) in [6, 6.07) is 16.3. The van der Waals surface area contributed by atoms with Crippen LogP contribution in [0.5, 0.6) is 5.75 Å². The van der Waals surface area contributed by atoms with E-state index in [-0.39, 0.29) is 5.75 Å². The third-order valence-corrected chi connectivity index (χ3v) is 4.60. The molecule has 2 aromatic carbocycles. The first-order chi connectivity index (χ1) is 12.6. The van der Waals surface area contributed by atoms with Gasteiger partial charge in [0.2, 0.25) is 0 Å². The first-order valence-electron chi connectivity index (χ1n) is 9.28. The van der Waals surface area contributed by atoms with Crippen LogP contribution < -0.4 is 15.5 Å². The molecule has 1 atom stereocenters. The Morgan fingerprint density at radius 3 is 2.77 bits per heavy atom. The van der Waals surface area contributed by atoms with E-state index < -0.39 is 0 Å². The van der Waals surface area contributed by atoms with Gasteiger partial charge in [-0.1, -0.05) is 29.8 Å². The topological polar surface area (TPSA) is 59.9 Å². The van der Waals surface area contributed by atoms with E-state index >= 15 is 0 Å². The van der Waals surface area contributed by atoms with Crippen molar-refractivity contribution in [3.8, 4) is 5.75 Å². The normalized spacial score (nSPS) is 17.4. The van der Waals surface area contributed by atoms with Crippen molar-refractivity contribution in [3.05, 3.63) is 59.7 Å². The summed E-state index contributed by atoms with van der Waals surface area (Å²) in [6.07, 6.45) is 1.09. The minimum atomic E-state index is 0.278. The van der Waals surface area contributed by atoms with E-state index in [1.54, 1.807) is 12.1 Å². The number of nitrogens with one attached hydrogen (secondary N) is 2. The molecule has 0 bridgehead atoms. The molecule has 1 fully saturated rings. The van der Waals surface area contributed by atoms with E-state index in [0.29, 0.717) is 12.6 Å². The molecule has 0 aromatic heterocycles. The summed E-state index contributed by atoms with van der Waals surface area (Å²) in [7, 11) is 0. The Hall–Kier alpha value is -2.69. The molecule has 0 saturated carbocycles. The van der Waals surface area contributed by atoms with E-state index in [2.05, 4.69) is 58.6 Å². The van der Waals surface area contributed by atoms with Gasteiger partial charge < -0.3 is 20.6 Å². The molecule has 3 N–H and O–H groups in total. The number of guanidine groups is 1. The molecule has 1 heterocycles. The van der Waals surface area contributed by atoms with Crippen LogP contribution in [0.15, 0.2) is 53.5 Å². The molecular weight excluding hydrogens is 324 g/mol. The molecule has 1 unspecified atom stereocenters. The number of anilines is 1. The SMILES string of the molecule is CCNC(=NCc1cccc(O)c1)NC1CCN(c2ccc(C)cc2)C1. The number of hydrogen-bond acceptors (Lipinski definition) is 3. The Bertz CT molecular complexity index is 742. The number of aryl methyl sites for hydroxylation is 1. The summed E-state index contributed by atoms with van der Waals surface area (Å²) in [5.41, 5.74) is 3.56. The second kappa shape index (κ2) is 8.61. The second-order valence-electron chi connectivity index (χ2n) is 6.78. The van der Waals surface area contributed by atoms with Gasteiger partial charge in [-0.15, -0.1) is 0 Å². The van der Waals surface area contributed by atoms with Crippen LogP contribution >= 0.6 is 0 Å². The summed E-state index contributed by atoms with van der Waals surface area (Å²) >= 11 is 0. The van der Waals surface area contributed by atoms with Gasteiger partial charge in [0, 0.05) is 31.4 Å². The highest BCUT2D eigenvalue weighted by atomic mass is 16.3. The summed E-state index contributed by atoms with van der Waals surface area (Å²) in [5, 5.41) is 16.4. The first kappa shape index (κ1) is 18.1. The molecule has 5 heteroatoms. The highest BCUT2D eigenvalue weighted by Gasteiger charge is 2.23. The van der Waals surface area contributed by atoms with E-state index in [0.717, 1.165) is 37.6 Å². The number of phenolic OH excluding ortho intramolecular Hbond substituents is 1. The number of hydrogen-bond donors (Lipinski definition) is 3. The zero-order valence-corrected chi connectivity index (χ0v) is 15.6. The molecule has 0 spiro atoms. The fraction of sp³-hybridized carbons (Fsp3) is 0.381. The van der Waals surface area contributed by atoms with Gasteiger partial charge in [-0.2, -0.15) is 0 Å².